The molecule has 208 valence electrons. The Morgan fingerprint density at radius 1 is 0.744 bits per heavy atom. The molecule has 0 amide bonds. The van der Waals surface area contributed by atoms with Crippen LogP contribution in [0.15, 0.2) is 77.8 Å². The molecule has 0 radical (unpaired) electrons. The van der Waals surface area contributed by atoms with Gasteiger partial charge in [-0.2, -0.15) is 10.2 Å². The van der Waals surface area contributed by atoms with Crippen molar-refractivity contribution in [1.29, 1.82) is 0 Å². The van der Waals surface area contributed by atoms with Gasteiger partial charge in [0.15, 0.2) is 10.3 Å². The Balaban J connectivity index is 0.000000232. The van der Waals surface area contributed by atoms with E-state index >= 15 is 0 Å². The van der Waals surface area contributed by atoms with Crippen LogP contribution in [0.25, 0.3) is 0 Å². The lowest BCUT2D eigenvalue weighted by molar-refractivity contribution is 0.318. The summed E-state index contributed by atoms with van der Waals surface area (Å²) in [6, 6.07) is 16.5. The molecule has 0 saturated heterocycles. The minimum Gasteiger partial charge on any atom is -0.397 e. The van der Waals surface area contributed by atoms with E-state index in [1.807, 2.05) is 24.3 Å². The van der Waals surface area contributed by atoms with Crippen molar-refractivity contribution in [3.63, 3.8) is 0 Å². The zero-order valence-corrected chi connectivity index (χ0v) is 25.0. The van der Waals surface area contributed by atoms with Crippen LogP contribution < -0.4 is 0 Å². The predicted octanol–water partition coefficient (Wildman–Crippen LogP) is 6.14. The third-order valence-electron chi connectivity index (χ3n) is 4.32. The summed E-state index contributed by atoms with van der Waals surface area (Å²) in [6.45, 7) is 1.93. The fraction of sp³-hybridized carbons (Fsp3) is 0.250. The van der Waals surface area contributed by atoms with Gasteiger partial charge in [0.25, 0.3) is 0 Å². The summed E-state index contributed by atoms with van der Waals surface area (Å²) >= 11 is 19.0. The third kappa shape index (κ3) is 14.3. The van der Waals surface area contributed by atoms with Crippen LogP contribution in [0.4, 0.5) is 0 Å². The minimum atomic E-state index is 0.250. The Labute approximate surface area is 250 Å². The monoisotopic (exact) mass is 625 g/mol. The number of hydrogen-bond donors (Lipinski definition) is 5. The van der Waals surface area contributed by atoms with E-state index in [0.717, 1.165) is 32.9 Å². The number of halogens is 2. The first-order chi connectivity index (χ1) is 19.1. The topological polar surface area (TPSA) is 148 Å². The highest BCUT2D eigenvalue weighted by molar-refractivity contribution is 7.98. The molecule has 0 bridgehead atoms. The molecular weight excluding hydrogens is 597 g/mol. The smallest absolute Gasteiger partial charge is 0.213 e. The molecule has 3 heterocycles. The van der Waals surface area contributed by atoms with Gasteiger partial charge < -0.3 is 5.11 Å². The zero-order valence-electron chi connectivity index (χ0n) is 21.1. The van der Waals surface area contributed by atoms with E-state index in [9.17, 15) is 0 Å². The lowest BCUT2D eigenvalue weighted by atomic mass is 10.2. The lowest BCUT2D eigenvalue weighted by Gasteiger charge is -2.02. The van der Waals surface area contributed by atoms with Crippen LogP contribution in [0.3, 0.4) is 0 Å². The largest absolute Gasteiger partial charge is 0.397 e. The highest BCUT2D eigenvalue weighted by Crippen LogP contribution is 2.21. The fourth-order valence-corrected chi connectivity index (χ4v) is 4.43. The van der Waals surface area contributed by atoms with Gasteiger partial charge in [0.05, 0.1) is 0 Å². The molecular formula is C24H29Cl2N9OS3. The first kappa shape index (κ1) is 32.5. The van der Waals surface area contributed by atoms with E-state index in [-0.39, 0.29) is 6.61 Å². The van der Waals surface area contributed by atoms with E-state index < -0.39 is 0 Å². The molecule has 15 heteroatoms. The van der Waals surface area contributed by atoms with Crippen molar-refractivity contribution in [2.24, 2.45) is 0 Å². The first-order valence-electron chi connectivity index (χ1n) is 11.5. The van der Waals surface area contributed by atoms with Crippen LogP contribution in [0, 0.1) is 4.77 Å². The minimum absolute atomic E-state index is 0.250. The van der Waals surface area contributed by atoms with Crippen LogP contribution >= 0.6 is 58.9 Å². The molecule has 3 aromatic heterocycles. The highest BCUT2D eigenvalue weighted by Gasteiger charge is 2.01. The van der Waals surface area contributed by atoms with Crippen molar-refractivity contribution in [1.82, 2.24) is 45.5 Å². The van der Waals surface area contributed by atoms with E-state index in [2.05, 4.69) is 82.0 Å². The quantitative estimate of drug-likeness (QED) is 0.0779. The number of aliphatic hydroxyl groups is 1. The second-order valence-corrected chi connectivity index (χ2v) is 10.1. The summed E-state index contributed by atoms with van der Waals surface area (Å²) in [5.41, 5.74) is 4.80. The molecule has 5 rings (SSSR count). The van der Waals surface area contributed by atoms with E-state index in [4.69, 9.17) is 28.3 Å². The van der Waals surface area contributed by atoms with E-state index in [1.54, 1.807) is 30.4 Å². The van der Waals surface area contributed by atoms with Gasteiger partial charge in [-0.15, -0.1) is 23.2 Å². The van der Waals surface area contributed by atoms with Gasteiger partial charge >= 0.3 is 0 Å². The standard InChI is InChI=1S/C12H12N6S2.C8H8Cl2.C2H3N3S.C2H6O/c1-2-10(6-20-12-14-8-16-18-12)4-3-9(1)5-19-11-13-7-15-17-11;9-5-7-1-2-8(6-10)4-3-7;6-2-3-1-4-5-2;1-2-3/h1-4,7-8H,5-6H2,(H,13,15,17)(H,14,16,18);1-4H,5-6H2;1H,(H2,3,4,5,6);3H,2H2,1H3. The zero-order chi connectivity index (χ0) is 28.1. The van der Waals surface area contributed by atoms with E-state index in [1.165, 1.54) is 30.1 Å². The average molecular weight is 627 g/mol. The number of aromatic amines is 4. The average Bonchev–Trinajstić information content (AvgIpc) is 3.77. The molecule has 0 aliphatic rings. The first-order valence-corrected chi connectivity index (χ1v) is 15.0. The van der Waals surface area contributed by atoms with Gasteiger partial charge in [-0.1, -0.05) is 72.1 Å². The lowest BCUT2D eigenvalue weighted by Crippen LogP contribution is -1.86. The normalized spacial score (nSPS) is 9.85. The second kappa shape index (κ2) is 20.3. The van der Waals surface area contributed by atoms with Gasteiger partial charge in [-0.25, -0.2) is 15.0 Å². The number of hydrogen-bond acceptors (Lipinski definition) is 9. The Hall–Kier alpha value is -2.68. The van der Waals surface area contributed by atoms with Crippen molar-refractivity contribution in [3.8, 4) is 0 Å². The summed E-state index contributed by atoms with van der Waals surface area (Å²) < 4.78 is 0.495. The molecule has 2 aromatic carbocycles. The maximum absolute atomic E-state index is 7.57. The number of aromatic nitrogens is 9. The maximum Gasteiger partial charge on any atom is 0.213 e. The van der Waals surface area contributed by atoms with Crippen LogP contribution in [0.2, 0.25) is 0 Å². The number of aliphatic hydroxyl groups excluding tert-OH is 1. The summed E-state index contributed by atoms with van der Waals surface area (Å²) in [4.78, 5) is 11.8. The van der Waals surface area contributed by atoms with Gasteiger partial charge in [0, 0.05) is 29.9 Å². The Morgan fingerprint density at radius 2 is 1.15 bits per heavy atom. The molecule has 10 nitrogen and oxygen atoms in total. The summed E-state index contributed by atoms with van der Waals surface area (Å²) in [6.07, 6.45) is 4.54. The van der Waals surface area contributed by atoms with E-state index in [0.29, 0.717) is 16.5 Å². The number of H-pyrrole nitrogens is 4. The summed E-state index contributed by atoms with van der Waals surface area (Å²) in [5, 5.41) is 27.7. The molecule has 5 N–H and O–H groups in total. The second-order valence-electron chi connectivity index (χ2n) is 7.21. The van der Waals surface area contributed by atoms with Crippen molar-refractivity contribution in [2.45, 2.75) is 40.5 Å². The predicted molar refractivity (Wildman–Crippen MR) is 160 cm³/mol. The Morgan fingerprint density at radius 3 is 1.41 bits per heavy atom. The molecule has 0 spiro atoms. The molecule has 0 atom stereocenters. The molecule has 0 fully saturated rings. The van der Waals surface area contributed by atoms with Crippen molar-refractivity contribution in [3.05, 3.63) is 94.5 Å². The van der Waals surface area contributed by atoms with Crippen molar-refractivity contribution < 1.29 is 5.11 Å². The SMILES string of the molecule is CCO.ClCc1ccc(CCl)cc1.S=c1nc[nH][nH]1.c1n[nH]c(SCc2ccc(CSc3ncn[nH]3)cc2)n1. The number of benzene rings is 2. The Bertz CT molecular complexity index is 1200. The van der Waals surface area contributed by atoms with Gasteiger partial charge in [0.1, 0.15) is 19.0 Å². The number of thioether (sulfide) groups is 2. The number of nitrogens with one attached hydrogen (secondary N) is 4. The molecule has 0 saturated carbocycles. The molecule has 0 aliphatic carbocycles. The summed E-state index contributed by atoms with van der Waals surface area (Å²) in [5.74, 6) is 2.90. The fourth-order valence-electron chi connectivity index (χ4n) is 2.50. The molecule has 0 aliphatic heterocycles. The van der Waals surface area contributed by atoms with Crippen molar-refractivity contribution >= 4 is 58.9 Å². The van der Waals surface area contributed by atoms with Crippen LogP contribution in [0.1, 0.15) is 29.2 Å². The van der Waals surface area contributed by atoms with Gasteiger partial charge in [0.2, 0.25) is 4.77 Å². The maximum atomic E-state index is 7.57. The molecule has 39 heavy (non-hydrogen) atoms. The highest BCUT2D eigenvalue weighted by atomic mass is 35.5. The molecule has 0 unspecified atom stereocenters. The Kier molecular flexibility index (Phi) is 16.9. The molecule has 5 aromatic rings. The van der Waals surface area contributed by atoms with Crippen molar-refractivity contribution in [2.75, 3.05) is 6.61 Å². The van der Waals surface area contributed by atoms with Gasteiger partial charge in [-0.05, 0) is 41.4 Å². The summed E-state index contributed by atoms with van der Waals surface area (Å²) in [7, 11) is 0. The van der Waals surface area contributed by atoms with Crippen LogP contribution in [0.5, 0.6) is 0 Å². The van der Waals surface area contributed by atoms with Crippen LogP contribution in [-0.4, -0.2) is 57.3 Å². The number of nitrogens with zero attached hydrogens (tertiary/aromatic N) is 5. The van der Waals surface area contributed by atoms with Crippen LogP contribution in [-0.2, 0) is 23.3 Å². The van der Waals surface area contributed by atoms with Gasteiger partial charge in [-0.3, -0.25) is 20.4 Å². The third-order valence-corrected chi connectivity index (χ3v) is 7.04. The number of alkyl halides is 2. The number of rotatable bonds is 8.